The van der Waals surface area contributed by atoms with E-state index in [1.807, 2.05) is 0 Å². The molecule has 0 aliphatic carbocycles. The molecule has 2 atom stereocenters. The first-order valence-corrected chi connectivity index (χ1v) is 10.8. The molecule has 8 nitrogen and oxygen atoms in total. The van der Waals surface area contributed by atoms with E-state index < -0.39 is 24.2 Å². The minimum atomic E-state index is -4.41. The summed E-state index contributed by atoms with van der Waals surface area (Å²) in [6, 6.07) is 14.2. The molecule has 1 aromatic heterocycles. The summed E-state index contributed by atoms with van der Waals surface area (Å²) in [6.07, 6.45) is -6.13. The Bertz CT molecular complexity index is 1210. The van der Waals surface area contributed by atoms with Crippen molar-refractivity contribution in [3.05, 3.63) is 66.0 Å². The predicted octanol–water partition coefficient (Wildman–Crippen LogP) is 3.94. The van der Waals surface area contributed by atoms with Gasteiger partial charge < -0.3 is 20.9 Å². The van der Waals surface area contributed by atoms with Gasteiger partial charge in [0.1, 0.15) is 11.6 Å². The van der Waals surface area contributed by atoms with Gasteiger partial charge in [-0.15, -0.1) is 0 Å². The summed E-state index contributed by atoms with van der Waals surface area (Å²) in [5.74, 6) is -1.67. The Balaban J connectivity index is 0.000000338. The van der Waals surface area contributed by atoms with Gasteiger partial charge in [-0.05, 0) is 42.8 Å². The Labute approximate surface area is 203 Å². The number of benzene rings is 2. The molecule has 2 heterocycles. The second kappa shape index (κ2) is 11.2. The van der Waals surface area contributed by atoms with E-state index in [0.717, 1.165) is 6.92 Å². The maximum absolute atomic E-state index is 13.2. The van der Waals surface area contributed by atoms with E-state index in [0.29, 0.717) is 22.5 Å². The number of carbonyl (C=O) groups excluding carboxylic acids is 1. The van der Waals surface area contributed by atoms with Crippen LogP contribution in [0.5, 0.6) is 0 Å². The van der Waals surface area contributed by atoms with Crippen molar-refractivity contribution in [2.75, 3.05) is 12.3 Å². The Kier molecular flexibility index (Phi) is 8.30. The van der Waals surface area contributed by atoms with E-state index in [4.69, 9.17) is 15.6 Å². The Morgan fingerprint density at radius 1 is 1.25 bits per heavy atom. The number of nitrogens with two attached hydrogens (primary N) is 1. The first kappa shape index (κ1) is 26.7. The van der Waals surface area contributed by atoms with Crippen molar-refractivity contribution >= 4 is 17.7 Å². The number of aliphatic carboxylic acids is 1. The molecule has 1 fully saturated rings. The molecule has 0 saturated carbocycles. The minimum Gasteiger partial charge on any atom is -0.481 e. The summed E-state index contributed by atoms with van der Waals surface area (Å²) in [5.41, 5.74) is 8.33. The van der Waals surface area contributed by atoms with Gasteiger partial charge in [0.05, 0.1) is 23.9 Å². The Morgan fingerprint density at radius 2 is 1.94 bits per heavy atom. The van der Waals surface area contributed by atoms with Crippen molar-refractivity contribution in [1.82, 2.24) is 15.1 Å². The Hall–Kier alpha value is -3.93. The van der Waals surface area contributed by atoms with Gasteiger partial charge in [0, 0.05) is 24.6 Å². The highest BCUT2D eigenvalue weighted by molar-refractivity contribution is 5.85. The van der Waals surface area contributed by atoms with Crippen molar-refractivity contribution < 1.29 is 37.0 Å². The zero-order chi connectivity index (χ0) is 26.5. The lowest BCUT2D eigenvalue weighted by atomic mass is 10.1. The first-order valence-electron chi connectivity index (χ1n) is 10.8. The number of hydrogen-bond acceptors (Lipinski definition) is 5. The van der Waals surface area contributed by atoms with Crippen LogP contribution in [0, 0.1) is 11.7 Å². The molecular weight excluding hydrogens is 484 g/mol. The molecule has 4 rings (SSSR count). The number of hydrogen-bond donors (Lipinski definition) is 3. The van der Waals surface area contributed by atoms with Crippen LogP contribution in [0.1, 0.15) is 18.9 Å². The van der Waals surface area contributed by atoms with Crippen LogP contribution < -0.4 is 11.1 Å². The molecule has 1 aliphatic heterocycles. The number of carbonyl (C=O) groups is 2. The van der Waals surface area contributed by atoms with E-state index in [-0.39, 0.29) is 37.1 Å². The average molecular weight is 508 g/mol. The van der Waals surface area contributed by atoms with Crippen molar-refractivity contribution in [3.8, 4) is 16.9 Å². The number of nitrogen functional groups attached to an aromatic ring is 1. The van der Waals surface area contributed by atoms with E-state index in [9.17, 15) is 27.2 Å². The zero-order valence-corrected chi connectivity index (χ0v) is 19.1. The van der Waals surface area contributed by atoms with Crippen molar-refractivity contribution in [2.24, 2.45) is 5.92 Å². The molecule has 3 aromatic rings. The number of amides is 1. The molecule has 1 aliphatic rings. The fourth-order valence-electron chi connectivity index (χ4n) is 3.30. The highest BCUT2D eigenvalue weighted by Crippen LogP contribution is 2.27. The van der Waals surface area contributed by atoms with Gasteiger partial charge >= 0.3 is 12.1 Å². The van der Waals surface area contributed by atoms with Crippen LogP contribution in [0.4, 0.5) is 23.4 Å². The summed E-state index contributed by atoms with van der Waals surface area (Å²) < 4.78 is 57.4. The average Bonchev–Trinajstić information content (AvgIpc) is 3.44. The molecule has 36 heavy (non-hydrogen) atoms. The van der Waals surface area contributed by atoms with Crippen LogP contribution in [0.25, 0.3) is 16.9 Å². The maximum atomic E-state index is 13.2. The smallest absolute Gasteiger partial charge is 0.414 e. The third kappa shape index (κ3) is 7.04. The van der Waals surface area contributed by atoms with Crippen LogP contribution in [0.3, 0.4) is 0 Å². The quantitative estimate of drug-likeness (QED) is 0.434. The molecule has 1 amide bonds. The molecule has 12 heteroatoms. The lowest BCUT2D eigenvalue weighted by Gasteiger charge is -2.16. The normalized spacial score (nSPS) is 16.1. The molecule has 4 N–H and O–H groups in total. The van der Waals surface area contributed by atoms with Gasteiger partial charge in [0.25, 0.3) is 0 Å². The second-order valence-electron chi connectivity index (χ2n) is 8.08. The van der Waals surface area contributed by atoms with Gasteiger partial charge in [-0.1, -0.05) is 18.2 Å². The number of rotatable bonds is 6. The number of alkyl halides is 3. The number of nitrogens with zero attached hydrogens (tertiary/aromatic N) is 2. The number of anilines is 1. The van der Waals surface area contributed by atoms with Gasteiger partial charge in [-0.2, -0.15) is 18.3 Å². The monoisotopic (exact) mass is 508 g/mol. The largest absolute Gasteiger partial charge is 0.481 e. The highest BCUT2D eigenvalue weighted by Gasteiger charge is 2.36. The van der Waals surface area contributed by atoms with Crippen molar-refractivity contribution in [1.29, 1.82) is 0 Å². The topological polar surface area (TPSA) is 119 Å². The van der Waals surface area contributed by atoms with Crippen molar-refractivity contribution in [2.45, 2.75) is 32.2 Å². The van der Waals surface area contributed by atoms with Crippen LogP contribution >= 0.6 is 0 Å². The molecule has 1 saturated heterocycles. The molecule has 192 valence electrons. The molecule has 0 spiro atoms. The standard InChI is InChI=1S/C19H17F4N3O.C5H7NO3/c1-12(19(21,22)23)27-11-13-3-2-4-14(9-13)17-10-18(24)25-26(17)16-7-5-15(20)6-8-16;7-4-1-3(2-6-4)5(8)9/h2-10,12H,11H2,1H3,(H2,24,25);3H,1-2H2,(H,6,7)(H,8,9)/t12-;3-/m10/s1. The van der Waals surface area contributed by atoms with Crippen molar-refractivity contribution in [3.63, 3.8) is 0 Å². The summed E-state index contributed by atoms with van der Waals surface area (Å²) in [7, 11) is 0. The summed E-state index contributed by atoms with van der Waals surface area (Å²) in [6.45, 7) is 1.07. The maximum Gasteiger partial charge on any atom is 0.414 e. The first-order chi connectivity index (χ1) is 16.9. The second-order valence-corrected chi connectivity index (χ2v) is 8.08. The molecule has 2 aromatic carbocycles. The fourth-order valence-corrected chi connectivity index (χ4v) is 3.30. The minimum absolute atomic E-state index is 0.134. The van der Waals surface area contributed by atoms with Gasteiger partial charge in [-0.3, -0.25) is 9.59 Å². The van der Waals surface area contributed by atoms with E-state index in [1.165, 1.54) is 12.1 Å². The van der Waals surface area contributed by atoms with E-state index >= 15 is 0 Å². The van der Waals surface area contributed by atoms with Crippen LogP contribution in [-0.2, 0) is 20.9 Å². The van der Waals surface area contributed by atoms with Gasteiger partial charge in [0.15, 0.2) is 6.10 Å². The number of aromatic nitrogens is 2. The van der Waals surface area contributed by atoms with Crippen LogP contribution in [0.2, 0.25) is 0 Å². The number of carboxylic acids is 1. The third-order valence-electron chi connectivity index (χ3n) is 5.31. The SMILES string of the molecule is C[C@@H](OCc1cccc(-c2cc(N)nn2-c2ccc(F)cc2)c1)C(F)(F)F.O=C1C[C@H](C(=O)O)CN1. The Morgan fingerprint density at radius 3 is 2.50 bits per heavy atom. The zero-order valence-electron chi connectivity index (χ0n) is 19.1. The number of ether oxygens (including phenoxy) is 1. The summed E-state index contributed by atoms with van der Waals surface area (Å²) in [5, 5.41) is 15.0. The lowest BCUT2D eigenvalue weighted by molar-refractivity contribution is -0.217. The summed E-state index contributed by atoms with van der Waals surface area (Å²) in [4.78, 5) is 20.5. The van der Waals surface area contributed by atoms with Gasteiger partial charge in [-0.25, -0.2) is 9.07 Å². The van der Waals surface area contributed by atoms with Gasteiger partial charge in [0.2, 0.25) is 5.91 Å². The highest BCUT2D eigenvalue weighted by atomic mass is 19.4. The number of carboxylic acid groups (broad SMARTS) is 1. The molecule has 0 bridgehead atoms. The van der Waals surface area contributed by atoms with E-state index in [2.05, 4.69) is 10.4 Å². The van der Waals surface area contributed by atoms with E-state index in [1.54, 1.807) is 47.1 Å². The third-order valence-corrected chi connectivity index (χ3v) is 5.31. The lowest BCUT2D eigenvalue weighted by Crippen LogP contribution is -2.28. The summed E-state index contributed by atoms with van der Waals surface area (Å²) >= 11 is 0. The van der Waals surface area contributed by atoms with Crippen LogP contribution in [0.15, 0.2) is 54.6 Å². The predicted molar refractivity (Wildman–Crippen MR) is 122 cm³/mol. The number of nitrogens with one attached hydrogen (secondary N) is 1. The molecule has 0 radical (unpaired) electrons. The molecule has 0 unspecified atom stereocenters. The van der Waals surface area contributed by atoms with Crippen LogP contribution in [-0.4, -0.2) is 45.6 Å². The fraction of sp³-hybridized carbons (Fsp3) is 0.292. The molecular formula is C24H24F4N4O4. The number of halogens is 4.